The molecule has 0 saturated carbocycles. The quantitative estimate of drug-likeness (QED) is 0.227. The Kier molecular flexibility index (Phi) is 5.36. The van der Waals surface area contributed by atoms with E-state index in [4.69, 9.17) is 28.2 Å². The second-order valence-electron chi connectivity index (χ2n) is 10.2. The molecule has 0 fully saturated rings. The fourth-order valence-electron chi connectivity index (χ4n) is 4.53. The number of rotatable bonds is 5. The lowest BCUT2D eigenvalue weighted by molar-refractivity contribution is 0.600. The molecule has 0 aliphatic heterocycles. The summed E-state index contributed by atoms with van der Waals surface area (Å²) in [5.41, 5.74) is 4.06. The molecular weight excluding hydrogens is 507 g/mol. The highest BCUT2D eigenvalue weighted by atomic mass is 35.5. The van der Waals surface area contributed by atoms with Gasteiger partial charge < -0.3 is 15.3 Å². The molecule has 3 N–H and O–H groups in total. The first-order valence-corrected chi connectivity index (χ1v) is 12.6. The van der Waals surface area contributed by atoms with Crippen LogP contribution in [0.1, 0.15) is 44.6 Å². The molecule has 10 heteroatoms. The minimum absolute atomic E-state index is 0.440. The van der Waals surface area contributed by atoms with Crippen LogP contribution in [0.15, 0.2) is 55.2 Å². The third-order valence-corrected chi connectivity index (χ3v) is 7.40. The molecule has 8 nitrogen and oxygen atoms in total. The van der Waals surface area contributed by atoms with Gasteiger partial charge >= 0.3 is 0 Å². The van der Waals surface area contributed by atoms with Crippen LogP contribution in [0.3, 0.4) is 0 Å². The van der Waals surface area contributed by atoms with Crippen molar-refractivity contribution in [3.05, 3.63) is 82.2 Å². The van der Waals surface area contributed by atoms with Gasteiger partial charge in [0.25, 0.3) is 0 Å². The Hall–Kier alpha value is -3.75. The van der Waals surface area contributed by atoms with E-state index in [1.807, 2.05) is 24.4 Å². The van der Waals surface area contributed by atoms with Crippen molar-refractivity contribution < 1.29 is 0 Å². The molecule has 0 spiro atoms. The van der Waals surface area contributed by atoms with Gasteiger partial charge in [-0.25, -0.2) is 19.9 Å². The summed E-state index contributed by atoms with van der Waals surface area (Å²) in [6.07, 6.45) is 6.75. The Morgan fingerprint density at radius 2 is 1.73 bits per heavy atom. The van der Waals surface area contributed by atoms with Gasteiger partial charge in [0.05, 0.1) is 21.1 Å². The summed E-state index contributed by atoms with van der Waals surface area (Å²) in [7, 11) is 0. The van der Waals surface area contributed by atoms with Gasteiger partial charge in [-0.15, -0.1) is 0 Å². The molecule has 0 atom stereocenters. The lowest BCUT2D eigenvalue weighted by Gasteiger charge is -2.27. The van der Waals surface area contributed by atoms with Gasteiger partial charge in [0, 0.05) is 34.8 Å². The zero-order valence-electron chi connectivity index (χ0n) is 20.7. The lowest BCUT2D eigenvalue weighted by atomic mass is 9.83. The average molecular weight is 531 g/mol. The van der Waals surface area contributed by atoms with Gasteiger partial charge in [-0.3, -0.25) is 4.98 Å². The molecule has 0 aliphatic carbocycles. The highest BCUT2D eigenvalue weighted by Crippen LogP contribution is 2.35. The lowest BCUT2D eigenvalue weighted by Crippen LogP contribution is -2.28. The van der Waals surface area contributed by atoms with E-state index in [-0.39, 0.29) is 0 Å². The van der Waals surface area contributed by atoms with Crippen LogP contribution < -0.4 is 5.32 Å². The first-order valence-electron chi connectivity index (χ1n) is 11.8. The predicted octanol–water partition coefficient (Wildman–Crippen LogP) is 6.76. The van der Waals surface area contributed by atoms with Crippen molar-refractivity contribution in [1.29, 1.82) is 0 Å². The molecule has 186 valence electrons. The summed E-state index contributed by atoms with van der Waals surface area (Å²) in [4.78, 5) is 29.3. The van der Waals surface area contributed by atoms with E-state index in [1.165, 1.54) is 6.33 Å². The molecule has 0 amide bonds. The van der Waals surface area contributed by atoms with E-state index in [2.05, 4.69) is 75.0 Å². The van der Waals surface area contributed by atoms with E-state index < -0.39 is 11.0 Å². The fraction of sp³-hybridized carbons (Fsp3) is 0.222. The Morgan fingerprint density at radius 1 is 0.892 bits per heavy atom. The third-order valence-electron chi connectivity index (χ3n) is 6.88. The monoisotopic (exact) mass is 530 g/mol. The van der Waals surface area contributed by atoms with E-state index in [0.29, 0.717) is 21.5 Å². The summed E-state index contributed by atoms with van der Waals surface area (Å²) >= 11 is 12.5. The molecule has 0 bridgehead atoms. The number of pyridine rings is 2. The number of imidazole rings is 1. The molecule has 37 heavy (non-hydrogen) atoms. The molecule has 5 heterocycles. The number of aromatic amines is 2. The van der Waals surface area contributed by atoms with Crippen LogP contribution in [-0.4, -0.2) is 34.9 Å². The number of benzene rings is 1. The second kappa shape index (κ2) is 8.39. The van der Waals surface area contributed by atoms with Crippen LogP contribution in [0.4, 0.5) is 5.82 Å². The Morgan fingerprint density at radius 3 is 2.57 bits per heavy atom. The van der Waals surface area contributed by atoms with Crippen molar-refractivity contribution in [3.8, 4) is 0 Å². The number of halogens is 2. The molecule has 1 aromatic carbocycles. The van der Waals surface area contributed by atoms with E-state index in [9.17, 15) is 0 Å². The third kappa shape index (κ3) is 4.06. The number of aromatic nitrogens is 7. The van der Waals surface area contributed by atoms with Crippen molar-refractivity contribution in [2.75, 3.05) is 5.32 Å². The van der Waals surface area contributed by atoms with E-state index >= 15 is 0 Å². The number of hydrogen-bond donors (Lipinski definition) is 3. The van der Waals surface area contributed by atoms with Crippen LogP contribution in [0.5, 0.6) is 0 Å². The SMILES string of the molecule is CC(C)(Nc1ncnc2nc(C(C)(C)c3ccc4ncc(Cl)cc4c3)[nH]c12)c1cnc2[nH]cc(Cl)c2c1. The average Bonchev–Trinajstić information content (AvgIpc) is 3.48. The number of H-pyrrole nitrogens is 2. The fourth-order valence-corrected chi connectivity index (χ4v) is 4.90. The van der Waals surface area contributed by atoms with Crippen LogP contribution in [0.2, 0.25) is 10.0 Å². The van der Waals surface area contributed by atoms with Gasteiger partial charge in [-0.05, 0) is 63.1 Å². The first-order chi connectivity index (χ1) is 17.6. The van der Waals surface area contributed by atoms with Crippen molar-refractivity contribution in [1.82, 2.24) is 34.9 Å². The van der Waals surface area contributed by atoms with E-state index in [0.717, 1.165) is 44.4 Å². The number of nitrogens with one attached hydrogen (secondary N) is 3. The maximum Gasteiger partial charge on any atom is 0.183 e. The summed E-state index contributed by atoms with van der Waals surface area (Å²) in [6.45, 7) is 8.38. The van der Waals surface area contributed by atoms with Crippen molar-refractivity contribution in [2.24, 2.45) is 0 Å². The van der Waals surface area contributed by atoms with Gasteiger partial charge in [-0.1, -0.05) is 29.3 Å². The zero-order chi connectivity index (χ0) is 25.9. The summed E-state index contributed by atoms with van der Waals surface area (Å²) in [5.74, 6) is 1.43. The molecule has 5 aromatic heterocycles. The van der Waals surface area contributed by atoms with Crippen LogP contribution in [0, 0.1) is 0 Å². The van der Waals surface area contributed by atoms with Crippen LogP contribution >= 0.6 is 23.2 Å². The van der Waals surface area contributed by atoms with Crippen molar-refractivity contribution in [3.63, 3.8) is 0 Å². The summed E-state index contributed by atoms with van der Waals surface area (Å²) in [5, 5.41) is 6.64. The first kappa shape index (κ1) is 23.6. The zero-order valence-corrected chi connectivity index (χ0v) is 22.2. The van der Waals surface area contributed by atoms with Gasteiger partial charge in [0.15, 0.2) is 11.5 Å². The molecule has 6 aromatic rings. The molecule has 0 saturated heterocycles. The van der Waals surface area contributed by atoms with Gasteiger partial charge in [0.2, 0.25) is 0 Å². The maximum absolute atomic E-state index is 6.33. The highest BCUT2D eigenvalue weighted by Gasteiger charge is 2.29. The topological polar surface area (TPSA) is 108 Å². The highest BCUT2D eigenvalue weighted by molar-refractivity contribution is 6.35. The molecule has 6 rings (SSSR count). The molecule has 0 radical (unpaired) electrons. The van der Waals surface area contributed by atoms with E-state index in [1.54, 1.807) is 12.4 Å². The minimum Gasteiger partial charge on any atom is -0.359 e. The standard InChI is InChI=1S/C27H24Cl2N8/c1-26(2,15-5-6-20-14(7-15)8-17(28)11-30-20)25-35-21-23(36-25)33-13-34-24(21)37-27(3,4)16-9-18-19(29)12-32-22(18)31-10-16/h5-13H,1-4H3,(H,31,32)(H2,33,34,35,36,37). The number of anilines is 1. The summed E-state index contributed by atoms with van der Waals surface area (Å²) < 4.78 is 0. The number of nitrogens with zero attached hydrogens (tertiary/aromatic N) is 5. The Balaban J connectivity index is 1.38. The van der Waals surface area contributed by atoms with Crippen molar-refractivity contribution >= 4 is 62.1 Å². The van der Waals surface area contributed by atoms with Gasteiger partial charge in [0.1, 0.15) is 23.3 Å². The Labute approximate surface area is 222 Å². The number of fused-ring (bicyclic) bond motifs is 3. The van der Waals surface area contributed by atoms with Crippen LogP contribution in [-0.2, 0) is 11.0 Å². The van der Waals surface area contributed by atoms with Gasteiger partial charge in [-0.2, -0.15) is 0 Å². The Bertz CT molecular complexity index is 1800. The normalized spacial score (nSPS) is 12.6. The minimum atomic E-state index is -0.505. The predicted molar refractivity (Wildman–Crippen MR) is 148 cm³/mol. The molecule has 0 unspecified atom stereocenters. The van der Waals surface area contributed by atoms with Crippen LogP contribution in [0.25, 0.3) is 33.1 Å². The second-order valence-corrected chi connectivity index (χ2v) is 11.0. The molecular formula is C27H24Cl2N8. The smallest absolute Gasteiger partial charge is 0.183 e. The summed E-state index contributed by atoms with van der Waals surface area (Å²) in [6, 6.07) is 10.1. The largest absolute Gasteiger partial charge is 0.359 e. The van der Waals surface area contributed by atoms with Crippen molar-refractivity contribution in [2.45, 2.75) is 38.6 Å². The molecule has 0 aliphatic rings. The number of hydrogen-bond acceptors (Lipinski definition) is 6. The maximum atomic E-state index is 6.33.